The summed E-state index contributed by atoms with van der Waals surface area (Å²) in [5.74, 6) is 0.161. The van der Waals surface area contributed by atoms with E-state index in [9.17, 15) is 13.5 Å². The molecule has 2 unspecified atom stereocenters. The summed E-state index contributed by atoms with van der Waals surface area (Å²) in [5.41, 5.74) is -0.720. The molecule has 0 radical (unpaired) electrons. The highest BCUT2D eigenvalue weighted by molar-refractivity contribution is 7.88. The zero-order valence-corrected chi connectivity index (χ0v) is 9.39. The predicted octanol–water partition coefficient (Wildman–Crippen LogP) is -1.10. The summed E-state index contributed by atoms with van der Waals surface area (Å²) >= 11 is 0. The highest BCUT2D eigenvalue weighted by atomic mass is 32.2. The van der Waals surface area contributed by atoms with Gasteiger partial charge in [0, 0.05) is 13.1 Å². The van der Waals surface area contributed by atoms with Crippen LogP contribution in [0.3, 0.4) is 0 Å². The maximum Gasteiger partial charge on any atom is 0.208 e. The van der Waals surface area contributed by atoms with Gasteiger partial charge in [0.25, 0.3) is 0 Å². The van der Waals surface area contributed by atoms with Crippen LogP contribution in [0.4, 0.5) is 0 Å². The predicted molar refractivity (Wildman–Crippen MR) is 54.4 cm³/mol. The summed E-state index contributed by atoms with van der Waals surface area (Å²) in [6, 6.07) is 0. The Morgan fingerprint density at radius 1 is 1.64 bits per heavy atom. The molecule has 3 N–H and O–H groups in total. The molecular formula is C8H18N2O3S. The summed E-state index contributed by atoms with van der Waals surface area (Å²) in [7, 11) is -3.12. The van der Waals surface area contributed by atoms with Gasteiger partial charge in [-0.3, -0.25) is 0 Å². The van der Waals surface area contributed by atoms with E-state index in [-0.39, 0.29) is 5.92 Å². The van der Waals surface area contributed by atoms with Crippen LogP contribution in [0, 0.1) is 5.92 Å². The van der Waals surface area contributed by atoms with Gasteiger partial charge in [0.2, 0.25) is 10.0 Å². The van der Waals surface area contributed by atoms with Crippen molar-refractivity contribution in [3.8, 4) is 0 Å². The Morgan fingerprint density at radius 3 is 2.79 bits per heavy atom. The third-order valence-electron chi connectivity index (χ3n) is 2.30. The molecule has 0 aromatic rings. The van der Waals surface area contributed by atoms with E-state index in [0.29, 0.717) is 19.5 Å². The van der Waals surface area contributed by atoms with Crippen LogP contribution in [0.1, 0.15) is 13.3 Å². The average Bonchev–Trinajstić information content (AvgIpc) is 1.98. The Labute approximate surface area is 84.9 Å². The lowest BCUT2D eigenvalue weighted by Crippen LogP contribution is -2.50. The van der Waals surface area contributed by atoms with Crippen LogP contribution in [-0.2, 0) is 10.0 Å². The minimum atomic E-state index is -3.12. The van der Waals surface area contributed by atoms with Crippen molar-refractivity contribution < 1.29 is 13.5 Å². The summed E-state index contributed by atoms with van der Waals surface area (Å²) in [6.45, 7) is 3.47. The molecule has 0 aromatic heterocycles. The van der Waals surface area contributed by atoms with Crippen LogP contribution in [0.2, 0.25) is 0 Å². The Kier molecular flexibility index (Phi) is 3.52. The molecule has 1 aliphatic rings. The lowest BCUT2D eigenvalue weighted by molar-refractivity contribution is 0.0152. The van der Waals surface area contributed by atoms with E-state index >= 15 is 0 Å². The Hall–Kier alpha value is -0.170. The van der Waals surface area contributed by atoms with Gasteiger partial charge in [0.05, 0.1) is 11.9 Å². The van der Waals surface area contributed by atoms with Gasteiger partial charge in [-0.15, -0.1) is 0 Å². The van der Waals surface area contributed by atoms with E-state index in [1.807, 2.05) is 0 Å². The molecule has 1 fully saturated rings. The summed E-state index contributed by atoms with van der Waals surface area (Å²) in [5, 5.41) is 12.8. The quantitative estimate of drug-likeness (QED) is 0.566. The molecule has 6 heteroatoms. The van der Waals surface area contributed by atoms with Crippen LogP contribution in [-0.4, -0.2) is 45.0 Å². The molecule has 0 aromatic carbocycles. The van der Waals surface area contributed by atoms with E-state index in [4.69, 9.17) is 0 Å². The lowest BCUT2D eigenvalue weighted by atomic mass is 9.88. The van der Waals surface area contributed by atoms with E-state index in [2.05, 4.69) is 10.0 Å². The minimum absolute atomic E-state index is 0.161. The summed E-state index contributed by atoms with van der Waals surface area (Å²) in [6.07, 6.45) is 1.77. The fraction of sp³-hybridized carbons (Fsp3) is 1.00. The number of piperidine rings is 1. The first-order chi connectivity index (χ1) is 6.29. The molecule has 1 saturated heterocycles. The molecule has 0 spiro atoms. The van der Waals surface area contributed by atoms with E-state index in [0.717, 1.165) is 12.8 Å². The van der Waals surface area contributed by atoms with Crippen molar-refractivity contribution in [2.75, 3.05) is 25.9 Å². The van der Waals surface area contributed by atoms with Gasteiger partial charge in [0.1, 0.15) is 0 Å². The van der Waals surface area contributed by atoms with Crippen LogP contribution < -0.4 is 10.0 Å². The molecule has 0 bridgehead atoms. The van der Waals surface area contributed by atoms with Crippen LogP contribution in [0.25, 0.3) is 0 Å². The second-order valence-electron chi connectivity index (χ2n) is 4.32. The highest BCUT2D eigenvalue weighted by Crippen LogP contribution is 2.19. The van der Waals surface area contributed by atoms with Gasteiger partial charge in [0.15, 0.2) is 0 Å². The van der Waals surface area contributed by atoms with Crippen molar-refractivity contribution in [1.29, 1.82) is 0 Å². The van der Waals surface area contributed by atoms with Crippen molar-refractivity contribution in [3.63, 3.8) is 0 Å². The monoisotopic (exact) mass is 222 g/mol. The Bertz CT molecular complexity index is 287. The zero-order valence-electron chi connectivity index (χ0n) is 8.58. The van der Waals surface area contributed by atoms with Gasteiger partial charge in [-0.25, -0.2) is 13.1 Å². The van der Waals surface area contributed by atoms with Crippen molar-refractivity contribution in [3.05, 3.63) is 0 Å². The van der Waals surface area contributed by atoms with Gasteiger partial charge in [-0.2, -0.15) is 0 Å². The third kappa shape index (κ3) is 4.36. The molecule has 0 saturated carbocycles. The first kappa shape index (κ1) is 11.9. The van der Waals surface area contributed by atoms with E-state index in [1.165, 1.54) is 0 Å². The molecule has 2 atom stereocenters. The molecule has 84 valence electrons. The van der Waals surface area contributed by atoms with Crippen molar-refractivity contribution in [2.24, 2.45) is 5.92 Å². The average molecular weight is 222 g/mol. The Balaban J connectivity index is 2.39. The molecule has 5 nitrogen and oxygen atoms in total. The van der Waals surface area contributed by atoms with Crippen molar-refractivity contribution >= 4 is 10.0 Å². The normalized spacial score (nSPS) is 34.4. The number of β-amino-alcohol motifs (C(OH)–C–C–N with tert-alkyl or cyclic N) is 1. The first-order valence-electron chi connectivity index (χ1n) is 4.66. The topological polar surface area (TPSA) is 78.4 Å². The first-order valence-corrected chi connectivity index (χ1v) is 6.55. The van der Waals surface area contributed by atoms with Gasteiger partial charge in [-0.1, -0.05) is 0 Å². The second-order valence-corrected chi connectivity index (χ2v) is 6.15. The number of nitrogens with one attached hydrogen (secondary N) is 2. The van der Waals surface area contributed by atoms with Gasteiger partial charge >= 0.3 is 0 Å². The summed E-state index contributed by atoms with van der Waals surface area (Å²) < 4.78 is 24.1. The minimum Gasteiger partial charge on any atom is -0.389 e. The van der Waals surface area contributed by atoms with Gasteiger partial charge < -0.3 is 10.4 Å². The molecule has 1 heterocycles. The highest BCUT2D eigenvalue weighted by Gasteiger charge is 2.29. The number of aliphatic hydroxyl groups is 1. The van der Waals surface area contributed by atoms with Crippen LogP contribution in [0.5, 0.6) is 0 Å². The molecular weight excluding hydrogens is 204 g/mol. The smallest absolute Gasteiger partial charge is 0.208 e. The van der Waals surface area contributed by atoms with E-state index < -0.39 is 15.6 Å². The standard InChI is InChI=1S/C8H18N2O3S/c1-8(11)3-7(4-9-6-8)5-10-14(2,12)13/h7,9-11H,3-6H2,1-2H3. The number of hydrogen-bond acceptors (Lipinski definition) is 4. The second kappa shape index (κ2) is 4.14. The largest absolute Gasteiger partial charge is 0.389 e. The SMILES string of the molecule is CC1(O)CNCC(CNS(C)(=O)=O)C1. The molecule has 0 amide bonds. The fourth-order valence-corrected chi connectivity index (χ4v) is 2.26. The zero-order chi connectivity index (χ0) is 10.8. The fourth-order valence-electron chi connectivity index (χ4n) is 1.73. The number of rotatable bonds is 3. The molecule has 1 aliphatic heterocycles. The van der Waals surface area contributed by atoms with Crippen LogP contribution in [0.15, 0.2) is 0 Å². The maximum atomic E-state index is 10.8. The number of sulfonamides is 1. The molecule has 1 rings (SSSR count). The van der Waals surface area contributed by atoms with Crippen LogP contribution >= 0.6 is 0 Å². The van der Waals surface area contributed by atoms with Crippen molar-refractivity contribution in [1.82, 2.24) is 10.0 Å². The number of hydrogen-bond donors (Lipinski definition) is 3. The third-order valence-corrected chi connectivity index (χ3v) is 2.99. The van der Waals surface area contributed by atoms with E-state index in [1.54, 1.807) is 6.92 Å². The van der Waals surface area contributed by atoms with Gasteiger partial charge in [-0.05, 0) is 25.8 Å². The maximum absolute atomic E-state index is 10.8. The lowest BCUT2D eigenvalue weighted by Gasteiger charge is -2.34. The summed E-state index contributed by atoms with van der Waals surface area (Å²) in [4.78, 5) is 0. The van der Waals surface area contributed by atoms with Crippen molar-refractivity contribution in [2.45, 2.75) is 18.9 Å². The Morgan fingerprint density at radius 2 is 2.29 bits per heavy atom. The molecule has 0 aliphatic carbocycles. The molecule has 14 heavy (non-hydrogen) atoms.